The van der Waals surface area contributed by atoms with Gasteiger partial charge in [0.25, 0.3) is 5.91 Å². The highest BCUT2D eigenvalue weighted by atomic mass is 32.2. The Labute approximate surface area is 201 Å². The van der Waals surface area contributed by atoms with Crippen LogP contribution in [-0.4, -0.2) is 29.0 Å². The van der Waals surface area contributed by atoms with E-state index in [0.29, 0.717) is 17.4 Å². The van der Waals surface area contributed by atoms with Crippen LogP contribution >= 0.6 is 11.8 Å². The third-order valence-corrected chi connectivity index (χ3v) is 6.50. The predicted molar refractivity (Wildman–Crippen MR) is 136 cm³/mol. The Hall–Kier alpha value is -2.86. The molecule has 0 aliphatic heterocycles. The number of thioether (sulfide) groups is 1. The minimum absolute atomic E-state index is 0.0140. The van der Waals surface area contributed by atoms with Gasteiger partial charge in [-0.05, 0) is 36.1 Å². The molecule has 1 aliphatic rings. The summed E-state index contributed by atoms with van der Waals surface area (Å²) in [6.07, 6.45) is 2.17. The van der Waals surface area contributed by atoms with Crippen LogP contribution in [0.2, 0.25) is 0 Å². The first-order valence-electron chi connectivity index (χ1n) is 11.5. The number of hydrogen-bond acceptors (Lipinski definition) is 5. The van der Waals surface area contributed by atoms with Crippen molar-refractivity contribution in [3.63, 3.8) is 0 Å². The lowest BCUT2D eigenvalue weighted by molar-refractivity contribution is 0.0951. The van der Waals surface area contributed by atoms with E-state index in [2.05, 4.69) is 74.4 Å². The first-order valence-corrected chi connectivity index (χ1v) is 12.4. The van der Waals surface area contributed by atoms with Crippen molar-refractivity contribution in [2.24, 2.45) is 0 Å². The number of amides is 1. The standard InChI is InChI=1S/C27H32N4OS/c1-27(2,3)23-16-24(31(4)17-19-9-6-5-7-10-19)30-26(29-23)33-18-20-11-8-12-21(15-20)25(32)28-22-13-14-22/h5-12,15-16,22H,13-14,17-18H2,1-4H3,(H,28,32). The number of hydrogen-bond donors (Lipinski definition) is 1. The summed E-state index contributed by atoms with van der Waals surface area (Å²) in [6.45, 7) is 7.30. The van der Waals surface area contributed by atoms with Gasteiger partial charge >= 0.3 is 0 Å². The smallest absolute Gasteiger partial charge is 0.251 e. The van der Waals surface area contributed by atoms with Gasteiger partial charge in [-0.2, -0.15) is 0 Å². The molecule has 5 nitrogen and oxygen atoms in total. The molecule has 3 aromatic rings. The maximum Gasteiger partial charge on any atom is 0.251 e. The number of aromatic nitrogens is 2. The first-order chi connectivity index (χ1) is 15.8. The van der Waals surface area contributed by atoms with Crippen molar-refractivity contribution in [1.29, 1.82) is 0 Å². The molecule has 4 rings (SSSR count). The van der Waals surface area contributed by atoms with Gasteiger partial charge in [0.05, 0.1) is 5.69 Å². The van der Waals surface area contributed by atoms with Crippen LogP contribution in [-0.2, 0) is 17.7 Å². The Morgan fingerprint density at radius 3 is 2.45 bits per heavy atom. The van der Waals surface area contributed by atoms with Crippen LogP contribution < -0.4 is 10.2 Å². The fraction of sp³-hybridized carbons (Fsp3) is 0.370. The summed E-state index contributed by atoms with van der Waals surface area (Å²) >= 11 is 1.61. The molecule has 0 saturated heterocycles. The van der Waals surface area contributed by atoms with E-state index in [1.807, 2.05) is 24.3 Å². The number of carbonyl (C=O) groups is 1. The Morgan fingerprint density at radius 1 is 1.03 bits per heavy atom. The van der Waals surface area contributed by atoms with Crippen molar-refractivity contribution >= 4 is 23.5 Å². The summed E-state index contributed by atoms with van der Waals surface area (Å²) < 4.78 is 0. The Bertz CT molecular complexity index is 1110. The number of carbonyl (C=O) groups excluding carboxylic acids is 1. The number of anilines is 1. The van der Waals surface area contributed by atoms with Gasteiger partial charge in [0.15, 0.2) is 5.16 Å². The van der Waals surface area contributed by atoms with Crippen molar-refractivity contribution < 1.29 is 4.79 Å². The molecule has 2 aromatic carbocycles. The van der Waals surface area contributed by atoms with Gasteiger partial charge in [-0.25, -0.2) is 9.97 Å². The monoisotopic (exact) mass is 460 g/mol. The minimum atomic E-state index is -0.0819. The van der Waals surface area contributed by atoms with Crippen molar-refractivity contribution in [2.45, 2.75) is 62.5 Å². The van der Waals surface area contributed by atoms with E-state index in [0.717, 1.165) is 41.6 Å². The van der Waals surface area contributed by atoms with Crippen LogP contribution in [0.4, 0.5) is 5.82 Å². The summed E-state index contributed by atoms with van der Waals surface area (Å²) in [5.74, 6) is 1.64. The van der Waals surface area contributed by atoms with E-state index >= 15 is 0 Å². The zero-order valence-corrected chi connectivity index (χ0v) is 20.7. The fourth-order valence-electron chi connectivity index (χ4n) is 3.44. The predicted octanol–water partition coefficient (Wildman–Crippen LogP) is 5.60. The van der Waals surface area contributed by atoms with Crippen LogP contribution in [0.3, 0.4) is 0 Å². The van der Waals surface area contributed by atoms with Gasteiger partial charge in [0.1, 0.15) is 5.82 Å². The summed E-state index contributed by atoms with van der Waals surface area (Å²) in [5, 5.41) is 3.81. The highest BCUT2D eigenvalue weighted by Crippen LogP contribution is 2.29. The van der Waals surface area contributed by atoms with Crippen LogP contribution in [0.1, 0.15) is 60.8 Å². The van der Waals surface area contributed by atoms with Gasteiger partial charge in [0, 0.05) is 42.4 Å². The van der Waals surface area contributed by atoms with E-state index in [4.69, 9.17) is 9.97 Å². The first kappa shape index (κ1) is 23.3. The van der Waals surface area contributed by atoms with Gasteiger partial charge in [-0.15, -0.1) is 0 Å². The molecule has 1 aliphatic carbocycles. The highest BCUT2D eigenvalue weighted by Gasteiger charge is 2.24. The van der Waals surface area contributed by atoms with Crippen molar-refractivity contribution in [2.75, 3.05) is 11.9 Å². The zero-order valence-electron chi connectivity index (χ0n) is 19.8. The molecule has 1 heterocycles. The SMILES string of the molecule is CN(Cc1ccccc1)c1cc(C(C)(C)C)nc(SCc2cccc(C(=O)NC3CC3)c2)n1. The molecule has 0 spiro atoms. The van der Waals surface area contributed by atoms with E-state index in [1.165, 1.54) is 5.56 Å². The molecule has 0 unspecified atom stereocenters. The Balaban J connectivity index is 1.51. The molecule has 1 fully saturated rings. The van der Waals surface area contributed by atoms with Crippen LogP contribution in [0, 0.1) is 0 Å². The van der Waals surface area contributed by atoms with Crippen molar-refractivity contribution in [1.82, 2.24) is 15.3 Å². The summed E-state index contributed by atoms with van der Waals surface area (Å²) in [7, 11) is 2.07. The molecule has 1 N–H and O–H groups in total. The van der Waals surface area contributed by atoms with Crippen LogP contribution in [0.15, 0.2) is 65.8 Å². The second-order valence-corrected chi connectivity index (χ2v) is 10.7. The maximum absolute atomic E-state index is 12.4. The molecule has 0 radical (unpaired) electrons. The topological polar surface area (TPSA) is 58.1 Å². The molecule has 0 atom stereocenters. The van der Waals surface area contributed by atoms with Crippen molar-refractivity contribution in [3.05, 3.63) is 83.0 Å². The minimum Gasteiger partial charge on any atom is -0.355 e. The van der Waals surface area contributed by atoms with Gasteiger partial charge in [-0.1, -0.05) is 75.0 Å². The lowest BCUT2D eigenvalue weighted by Crippen LogP contribution is -2.25. The molecule has 6 heteroatoms. The Morgan fingerprint density at radius 2 is 1.76 bits per heavy atom. The third-order valence-electron chi connectivity index (χ3n) is 5.58. The number of rotatable bonds is 8. The third kappa shape index (κ3) is 6.57. The number of nitrogens with one attached hydrogen (secondary N) is 1. The lowest BCUT2D eigenvalue weighted by Gasteiger charge is -2.23. The van der Waals surface area contributed by atoms with Gasteiger partial charge in [-0.3, -0.25) is 4.79 Å². The van der Waals surface area contributed by atoms with Crippen molar-refractivity contribution in [3.8, 4) is 0 Å². The molecule has 1 aromatic heterocycles. The molecule has 1 saturated carbocycles. The summed E-state index contributed by atoms with van der Waals surface area (Å²) in [6, 6.07) is 20.7. The van der Waals surface area contributed by atoms with E-state index in [-0.39, 0.29) is 11.3 Å². The number of nitrogens with zero attached hydrogens (tertiary/aromatic N) is 3. The van der Waals surface area contributed by atoms with Crippen LogP contribution in [0.25, 0.3) is 0 Å². The quantitative estimate of drug-likeness (QED) is 0.350. The molecule has 1 amide bonds. The summed E-state index contributed by atoms with van der Waals surface area (Å²) in [5.41, 5.74) is 3.99. The summed E-state index contributed by atoms with van der Waals surface area (Å²) in [4.78, 5) is 24.3. The average Bonchev–Trinajstić information content (AvgIpc) is 3.62. The molecule has 172 valence electrons. The fourth-order valence-corrected chi connectivity index (χ4v) is 4.24. The van der Waals surface area contributed by atoms with E-state index in [1.54, 1.807) is 11.8 Å². The second kappa shape index (κ2) is 9.96. The zero-order chi connectivity index (χ0) is 23.4. The normalized spacial score (nSPS) is 13.6. The van der Waals surface area contributed by atoms with Crippen LogP contribution in [0.5, 0.6) is 0 Å². The largest absolute Gasteiger partial charge is 0.355 e. The van der Waals surface area contributed by atoms with Gasteiger partial charge in [0.2, 0.25) is 0 Å². The Kier molecular flexibility index (Phi) is 7.03. The second-order valence-electron chi connectivity index (χ2n) is 9.72. The molecular formula is C27H32N4OS. The highest BCUT2D eigenvalue weighted by molar-refractivity contribution is 7.98. The average molecular weight is 461 g/mol. The van der Waals surface area contributed by atoms with E-state index in [9.17, 15) is 4.79 Å². The molecular weight excluding hydrogens is 428 g/mol. The van der Waals surface area contributed by atoms with E-state index < -0.39 is 0 Å². The molecule has 33 heavy (non-hydrogen) atoms. The maximum atomic E-state index is 12.4. The molecule has 0 bridgehead atoms. The lowest BCUT2D eigenvalue weighted by atomic mass is 9.92. The number of benzene rings is 2. The van der Waals surface area contributed by atoms with Gasteiger partial charge < -0.3 is 10.2 Å².